The Morgan fingerprint density at radius 3 is 2.88 bits per heavy atom. The molecule has 0 aliphatic carbocycles. The number of hydrogen-bond donors (Lipinski definition) is 2. The summed E-state index contributed by atoms with van der Waals surface area (Å²) in [5, 5.41) is 6.04. The summed E-state index contributed by atoms with van der Waals surface area (Å²) in [5.74, 6) is 0.0279. The highest BCUT2D eigenvalue weighted by Crippen LogP contribution is 2.19. The van der Waals surface area contributed by atoms with E-state index in [4.69, 9.17) is 4.74 Å². The van der Waals surface area contributed by atoms with Crippen LogP contribution < -0.4 is 15.4 Å². The summed E-state index contributed by atoms with van der Waals surface area (Å²) in [7, 11) is 0. The molecule has 9 heteroatoms. The fourth-order valence-corrected chi connectivity index (χ4v) is 2.47. The topological polar surface area (TPSA) is 53.6 Å². The summed E-state index contributed by atoms with van der Waals surface area (Å²) < 4.78 is 41.2. The van der Waals surface area contributed by atoms with Crippen LogP contribution in [0.5, 0.6) is 5.75 Å². The number of carbonyl (C=O) groups is 1. The summed E-state index contributed by atoms with van der Waals surface area (Å²) in [6.45, 7) is 3.82. The summed E-state index contributed by atoms with van der Waals surface area (Å²) in [4.78, 5) is 14.1. The predicted molar refractivity (Wildman–Crippen MR) is 91.0 cm³/mol. The van der Waals surface area contributed by atoms with Crippen LogP contribution >= 0.6 is 12.4 Å². The first-order valence-corrected chi connectivity index (χ1v) is 7.83. The Balaban J connectivity index is 0.00000312. The maximum absolute atomic E-state index is 12.2. The molecule has 0 radical (unpaired) electrons. The van der Waals surface area contributed by atoms with Crippen molar-refractivity contribution in [1.29, 1.82) is 0 Å². The number of hydrogen-bond acceptors (Lipinski definition) is 4. The van der Waals surface area contributed by atoms with Crippen molar-refractivity contribution in [2.24, 2.45) is 0 Å². The zero-order chi connectivity index (χ0) is 17.6. The number of amides is 1. The van der Waals surface area contributed by atoms with E-state index >= 15 is 0 Å². The average molecular weight is 382 g/mol. The molecule has 1 aromatic rings. The lowest BCUT2D eigenvalue weighted by Gasteiger charge is -2.33. The number of nitrogens with zero attached hydrogens (tertiary/aromatic N) is 1. The molecule has 0 unspecified atom stereocenters. The standard InChI is InChI=1S/C16H22F3N3O2.ClH/c1-12-8-20-5-6-22(12)10-15(23)21-9-13-3-2-4-14(7-13)24-11-16(17,18)19;/h2-4,7,12,20H,5-6,8-11H2,1H3,(H,21,23);1H/t12-;/m0./s1. The fourth-order valence-electron chi connectivity index (χ4n) is 2.47. The van der Waals surface area contributed by atoms with Gasteiger partial charge in [-0.15, -0.1) is 12.4 Å². The van der Waals surface area contributed by atoms with Gasteiger partial charge in [0.05, 0.1) is 6.54 Å². The van der Waals surface area contributed by atoms with Crippen LogP contribution in [0.3, 0.4) is 0 Å². The van der Waals surface area contributed by atoms with Crippen molar-refractivity contribution in [2.75, 3.05) is 32.8 Å². The van der Waals surface area contributed by atoms with Crippen molar-refractivity contribution < 1.29 is 22.7 Å². The normalized spacial score (nSPS) is 18.3. The largest absolute Gasteiger partial charge is 0.484 e. The minimum absolute atomic E-state index is 0. The molecular formula is C16H23ClF3N3O2. The highest BCUT2D eigenvalue weighted by Gasteiger charge is 2.28. The van der Waals surface area contributed by atoms with Crippen molar-refractivity contribution in [2.45, 2.75) is 25.7 Å². The van der Waals surface area contributed by atoms with Gasteiger partial charge in [-0.2, -0.15) is 13.2 Å². The number of piperazine rings is 1. The summed E-state index contributed by atoms with van der Waals surface area (Å²) >= 11 is 0. The molecule has 1 aliphatic rings. The second-order valence-electron chi connectivity index (χ2n) is 5.85. The van der Waals surface area contributed by atoms with Crippen molar-refractivity contribution in [3.8, 4) is 5.75 Å². The van der Waals surface area contributed by atoms with Crippen LogP contribution in [0.25, 0.3) is 0 Å². The molecule has 0 bridgehead atoms. The molecule has 1 saturated heterocycles. The third-order valence-electron chi connectivity index (χ3n) is 3.78. The summed E-state index contributed by atoms with van der Waals surface area (Å²) in [6, 6.07) is 6.59. The molecule has 25 heavy (non-hydrogen) atoms. The maximum atomic E-state index is 12.2. The number of rotatable bonds is 6. The lowest BCUT2D eigenvalue weighted by molar-refractivity contribution is -0.153. The van der Waals surface area contributed by atoms with E-state index in [9.17, 15) is 18.0 Å². The van der Waals surface area contributed by atoms with Gasteiger partial charge in [0.25, 0.3) is 0 Å². The minimum Gasteiger partial charge on any atom is -0.484 e. The molecule has 0 aromatic heterocycles. The molecule has 0 saturated carbocycles. The zero-order valence-corrected chi connectivity index (χ0v) is 14.8. The van der Waals surface area contributed by atoms with E-state index in [0.717, 1.165) is 19.6 Å². The molecule has 1 amide bonds. The SMILES string of the molecule is C[C@H]1CNCCN1CC(=O)NCc1cccc(OCC(F)(F)F)c1.Cl. The number of halogens is 4. The lowest BCUT2D eigenvalue weighted by Crippen LogP contribution is -2.52. The summed E-state index contributed by atoms with van der Waals surface area (Å²) in [6.07, 6.45) is -4.37. The van der Waals surface area contributed by atoms with E-state index in [1.54, 1.807) is 12.1 Å². The summed E-state index contributed by atoms with van der Waals surface area (Å²) in [5.41, 5.74) is 0.691. The van der Waals surface area contributed by atoms with E-state index in [-0.39, 0.29) is 30.6 Å². The first-order valence-electron chi connectivity index (χ1n) is 7.83. The van der Waals surface area contributed by atoms with Crippen molar-refractivity contribution in [1.82, 2.24) is 15.5 Å². The number of nitrogens with one attached hydrogen (secondary N) is 2. The van der Waals surface area contributed by atoms with Crippen LogP contribution in [-0.2, 0) is 11.3 Å². The molecule has 0 spiro atoms. The molecule has 1 atom stereocenters. The molecule has 2 N–H and O–H groups in total. The first kappa shape index (κ1) is 21.5. The Hall–Kier alpha value is -1.51. The van der Waals surface area contributed by atoms with Gasteiger partial charge in [0.1, 0.15) is 5.75 Å². The number of alkyl halides is 3. The average Bonchev–Trinajstić information content (AvgIpc) is 2.53. The molecule has 2 rings (SSSR count). The molecular weight excluding hydrogens is 359 g/mol. The highest BCUT2D eigenvalue weighted by atomic mass is 35.5. The smallest absolute Gasteiger partial charge is 0.422 e. The van der Waals surface area contributed by atoms with Crippen LogP contribution in [0, 0.1) is 0 Å². The third kappa shape index (κ3) is 7.94. The van der Waals surface area contributed by atoms with E-state index in [1.165, 1.54) is 12.1 Å². The number of carbonyl (C=O) groups excluding carboxylic acids is 1. The number of benzene rings is 1. The molecule has 5 nitrogen and oxygen atoms in total. The molecule has 1 aromatic carbocycles. The van der Waals surface area contributed by atoms with Gasteiger partial charge in [-0.1, -0.05) is 12.1 Å². The van der Waals surface area contributed by atoms with Gasteiger partial charge in [-0.05, 0) is 24.6 Å². The second kappa shape index (κ2) is 9.84. The van der Waals surface area contributed by atoms with Gasteiger partial charge in [0.15, 0.2) is 6.61 Å². The maximum Gasteiger partial charge on any atom is 0.422 e. The molecule has 142 valence electrons. The Morgan fingerprint density at radius 1 is 1.44 bits per heavy atom. The van der Waals surface area contributed by atoms with E-state index < -0.39 is 12.8 Å². The van der Waals surface area contributed by atoms with E-state index in [2.05, 4.69) is 22.5 Å². The molecule has 1 heterocycles. The van der Waals surface area contributed by atoms with Gasteiger partial charge >= 0.3 is 6.18 Å². The Kier molecular flexibility index (Phi) is 8.47. The van der Waals surface area contributed by atoms with E-state index in [1.807, 2.05) is 0 Å². The monoisotopic (exact) mass is 381 g/mol. The zero-order valence-electron chi connectivity index (χ0n) is 13.9. The quantitative estimate of drug-likeness (QED) is 0.791. The fraction of sp³-hybridized carbons (Fsp3) is 0.562. The lowest BCUT2D eigenvalue weighted by atomic mass is 10.2. The predicted octanol–water partition coefficient (Wildman–Crippen LogP) is 1.96. The Bertz CT molecular complexity index is 558. The minimum atomic E-state index is -4.37. The highest BCUT2D eigenvalue weighted by molar-refractivity contribution is 5.85. The Morgan fingerprint density at radius 2 is 2.20 bits per heavy atom. The van der Waals surface area contributed by atoms with Crippen LogP contribution in [0.1, 0.15) is 12.5 Å². The van der Waals surface area contributed by atoms with Crippen LogP contribution in [0.2, 0.25) is 0 Å². The molecule has 1 fully saturated rings. The van der Waals surface area contributed by atoms with Crippen molar-refractivity contribution in [3.63, 3.8) is 0 Å². The van der Waals surface area contributed by atoms with Gasteiger partial charge in [0.2, 0.25) is 5.91 Å². The van der Waals surface area contributed by atoms with Gasteiger partial charge in [-0.25, -0.2) is 0 Å². The van der Waals surface area contributed by atoms with Crippen molar-refractivity contribution >= 4 is 18.3 Å². The van der Waals surface area contributed by atoms with Crippen molar-refractivity contribution in [3.05, 3.63) is 29.8 Å². The van der Waals surface area contributed by atoms with Gasteiger partial charge in [0, 0.05) is 32.2 Å². The van der Waals surface area contributed by atoms with Crippen LogP contribution in [-0.4, -0.2) is 55.8 Å². The molecule has 1 aliphatic heterocycles. The van der Waals surface area contributed by atoms with Gasteiger partial charge in [-0.3, -0.25) is 9.69 Å². The third-order valence-corrected chi connectivity index (χ3v) is 3.78. The van der Waals surface area contributed by atoms with Crippen LogP contribution in [0.15, 0.2) is 24.3 Å². The first-order chi connectivity index (χ1) is 11.3. The van der Waals surface area contributed by atoms with Crippen LogP contribution in [0.4, 0.5) is 13.2 Å². The Labute approximate surface area is 151 Å². The van der Waals surface area contributed by atoms with Gasteiger partial charge < -0.3 is 15.4 Å². The second-order valence-corrected chi connectivity index (χ2v) is 5.85. The van der Waals surface area contributed by atoms with E-state index in [0.29, 0.717) is 18.2 Å². The number of ether oxygens (including phenoxy) is 1.